The van der Waals surface area contributed by atoms with Crippen molar-refractivity contribution in [3.63, 3.8) is 0 Å². The molecule has 12 heteroatoms. The molecule has 0 spiro atoms. The van der Waals surface area contributed by atoms with Gasteiger partial charge in [0, 0.05) is 6.20 Å². The van der Waals surface area contributed by atoms with Crippen molar-refractivity contribution in [3.05, 3.63) is 63.5 Å². The minimum Gasteiger partial charge on any atom is -0.343 e. The molecule has 7 nitrogen and oxygen atoms in total. The van der Waals surface area contributed by atoms with Crippen LogP contribution in [0.25, 0.3) is 5.65 Å². The lowest BCUT2D eigenvalue weighted by molar-refractivity contribution is -0.141. The molecule has 0 atom stereocenters. The zero-order chi connectivity index (χ0) is 22.8. The second-order valence-corrected chi connectivity index (χ2v) is 7.00. The Labute approximate surface area is 183 Å². The van der Waals surface area contributed by atoms with Crippen LogP contribution in [0.1, 0.15) is 21.7 Å². The summed E-state index contributed by atoms with van der Waals surface area (Å²) in [6.45, 7) is -0.350. The van der Waals surface area contributed by atoms with Gasteiger partial charge in [0.2, 0.25) is 5.91 Å². The second-order valence-electron chi connectivity index (χ2n) is 6.18. The highest BCUT2D eigenvalue weighted by molar-refractivity contribution is 6.40. The summed E-state index contributed by atoms with van der Waals surface area (Å²) in [5, 5.41) is 13.3. The Kier molecular flexibility index (Phi) is 6.38. The van der Waals surface area contributed by atoms with Crippen molar-refractivity contribution in [2.24, 2.45) is 0 Å². The van der Waals surface area contributed by atoms with Gasteiger partial charge < -0.3 is 15.0 Å². The van der Waals surface area contributed by atoms with Crippen LogP contribution in [0, 0.1) is 11.3 Å². The summed E-state index contributed by atoms with van der Waals surface area (Å²) in [4.78, 5) is 28.2. The quantitative estimate of drug-likeness (QED) is 0.549. The van der Waals surface area contributed by atoms with Crippen LogP contribution < -0.4 is 10.6 Å². The van der Waals surface area contributed by atoms with Gasteiger partial charge in [0.05, 0.1) is 39.5 Å². The van der Waals surface area contributed by atoms with E-state index in [1.165, 1.54) is 36.5 Å². The van der Waals surface area contributed by atoms with E-state index in [-0.39, 0.29) is 33.5 Å². The molecule has 160 valence electrons. The van der Waals surface area contributed by atoms with Crippen molar-refractivity contribution in [1.82, 2.24) is 14.7 Å². The molecule has 0 fully saturated rings. The van der Waals surface area contributed by atoms with Crippen LogP contribution in [0.2, 0.25) is 10.0 Å². The van der Waals surface area contributed by atoms with E-state index in [1.807, 2.05) is 0 Å². The fourth-order valence-electron chi connectivity index (χ4n) is 2.86. The van der Waals surface area contributed by atoms with Gasteiger partial charge >= 0.3 is 6.18 Å². The number of nitrogens with zero attached hydrogens (tertiary/aromatic N) is 3. The number of pyridine rings is 1. The average Bonchev–Trinajstić information content (AvgIpc) is 3.06. The van der Waals surface area contributed by atoms with Crippen LogP contribution in [0.3, 0.4) is 0 Å². The standard InChI is InChI=1S/C19H12Cl2F3N5O2/c20-10-3-1-4-11(21)15(10)18(31)27-12-5-2-8-29-13(9-14(30)26-7-6-25)16(19(22,23)24)28-17(12)29/h1-5,8H,7,9H2,(H,26,30)(H,27,31). The number of imidazole rings is 1. The number of anilines is 1. The Balaban J connectivity index is 2.06. The zero-order valence-electron chi connectivity index (χ0n) is 15.4. The third-order valence-electron chi connectivity index (χ3n) is 4.15. The third-order valence-corrected chi connectivity index (χ3v) is 4.78. The molecule has 0 aliphatic carbocycles. The van der Waals surface area contributed by atoms with Gasteiger partial charge in [0.25, 0.3) is 5.91 Å². The van der Waals surface area contributed by atoms with Gasteiger partial charge in [0.15, 0.2) is 11.3 Å². The molecule has 0 bridgehead atoms. The summed E-state index contributed by atoms with van der Waals surface area (Å²) < 4.78 is 41.8. The first-order valence-electron chi connectivity index (χ1n) is 8.59. The second kappa shape index (κ2) is 8.83. The summed E-state index contributed by atoms with van der Waals surface area (Å²) >= 11 is 12.0. The van der Waals surface area contributed by atoms with Crippen LogP contribution in [-0.2, 0) is 17.4 Å². The number of aromatic nitrogens is 2. The van der Waals surface area contributed by atoms with E-state index >= 15 is 0 Å². The molecule has 0 saturated heterocycles. The lowest BCUT2D eigenvalue weighted by atomic mass is 10.2. The summed E-state index contributed by atoms with van der Waals surface area (Å²) in [7, 11) is 0. The van der Waals surface area contributed by atoms with E-state index in [4.69, 9.17) is 28.5 Å². The van der Waals surface area contributed by atoms with Gasteiger partial charge in [-0.05, 0) is 24.3 Å². The van der Waals surface area contributed by atoms with Gasteiger partial charge in [0.1, 0.15) is 6.54 Å². The molecule has 0 radical (unpaired) electrons. The largest absolute Gasteiger partial charge is 0.435 e. The number of carbonyl (C=O) groups excluding carboxylic acids is 2. The molecular weight excluding hydrogens is 458 g/mol. The number of amides is 2. The van der Waals surface area contributed by atoms with Crippen molar-refractivity contribution in [1.29, 1.82) is 5.26 Å². The van der Waals surface area contributed by atoms with Crippen LogP contribution in [0.5, 0.6) is 0 Å². The van der Waals surface area contributed by atoms with E-state index in [0.29, 0.717) is 0 Å². The zero-order valence-corrected chi connectivity index (χ0v) is 16.9. The molecular formula is C19H12Cl2F3N5O2. The fraction of sp³-hybridized carbons (Fsp3) is 0.158. The molecule has 3 rings (SSSR count). The van der Waals surface area contributed by atoms with Crippen LogP contribution in [-0.4, -0.2) is 27.7 Å². The number of hydrogen-bond acceptors (Lipinski definition) is 4. The number of halogens is 5. The van der Waals surface area contributed by atoms with Crippen molar-refractivity contribution >= 4 is 46.4 Å². The highest BCUT2D eigenvalue weighted by Crippen LogP contribution is 2.34. The van der Waals surface area contributed by atoms with Crippen molar-refractivity contribution in [3.8, 4) is 6.07 Å². The lowest BCUT2D eigenvalue weighted by Gasteiger charge is -2.10. The predicted molar refractivity (Wildman–Crippen MR) is 107 cm³/mol. The van der Waals surface area contributed by atoms with Crippen LogP contribution >= 0.6 is 23.2 Å². The first kappa shape index (κ1) is 22.4. The molecule has 1 aromatic carbocycles. The number of hydrogen-bond donors (Lipinski definition) is 2. The monoisotopic (exact) mass is 469 g/mol. The first-order valence-corrected chi connectivity index (χ1v) is 9.35. The maximum atomic E-state index is 13.6. The molecule has 3 aromatic rings. The molecule has 0 aliphatic heterocycles. The average molecular weight is 470 g/mol. The molecule has 0 saturated carbocycles. The summed E-state index contributed by atoms with van der Waals surface area (Å²) in [6, 6.07) is 8.83. The Morgan fingerprint density at radius 3 is 2.45 bits per heavy atom. The smallest absolute Gasteiger partial charge is 0.343 e. The van der Waals surface area contributed by atoms with Gasteiger partial charge in [-0.3, -0.25) is 9.59 Å². The molecule has 2 N–H and O–H groups in total. The molecule has 2 heterocycles. The maximum absolute atomic E-state index is 13.6. The number of carbonyl (C=O) groups is 2. The van der Waals surface area contributed by atoms with E-state index in [2.05, 4.69) is 15.6 Å². The van der Waals surface area contributed by atoms with Crippen LogP contribution in [0.15, 0.2) is 36.5 Å². The highest BCUT2D eigenvalue weighted by atomic mass is 35.5. The topological polar surface area (TPSA) is 99.3 Å². The van der Waals surface area contributed by atoms with E-state index < -0.39 is 35.8 Å². The Bertz CT molecular complexity index is 1200. The Morgan fingerprint density at radius 2 is 1.84 bits per heavy atom. The number of benzene rings is 1. The molecule has 0 unspecified atom stereocenters. The lowest BCUT2D eigenvalue weighted by Crippen LogP contribution is -2.27. The predicted octanol–water partition coefficient (Wildman–Crippen LogP) is 4.09. The van der Waals surface area contributed by atoms with E-state index in [1.54, 1.807) is 6.07 Å². The fourth-order valence-corrected chi connectivity index (χ4v) is 3.43. The number of nitrogens with one attached hydrogen (secondary N) is 2. The minimum absolute atomic E-state index is 0.0438. The SMILES string of the molecule is N#CCNC(=O)Cc1c(C(F)(F)F)nc2c(NC(=O)c3c(Cl)cccc3Cl)cccn12. The third kappa shape index (κ3) is 4.73. The molecule has 2 amide bonds. The summed E-state index contributed by atoms with van der Waals surface area (Å²) in [5.74, 6) is -1.53. The number of rotatable bonds is 5. The number of alkyl halides is 3. The molecule has 2 aromatic heterocycles. The first-order chi connectivity index (χ1) is 14.6. The normalized spacial score (nSPS) is 11.2. The summed E-state index contributed by atoms with van der Waals surface area (Å²) in [6.07, 6.45) is -4.25. The highest BCUT2D eigenvalue weighted by Gasteiger charge is 2.38. The Morgan fingerprint density at radius 1 is 1.16 bits per heavy atom. The van der Waals surface area contributed by atoms with Gasteiger partial charge in [-0.2, -0.15) is 18.4 Å². The Hall–Kier alpha value is -3.29. The maximum Gasteiger partial charge on any atom is 0.435 e. The van der Waals surface area contributed by atoms with E-state index in [9.17, 15) is 22.8 Å². The minimum atomic E-state index is -4.86. The van der Waals surface area contributed by atoms with Gasteiger partial charge in [-0.1, -0.05) is 29.3 Å². The van der Waals surface area contributed by atoms with Crippen molar-refractivity contribution in [2.75, 3.05) is 11.9 Å². The van der Waals surface area contributed by atoms with Crippen molar-refractivity contribution in [2.45, 2.75) is 12.6 Å². The van der Waals surface area contributed by atoms with Gasteiger partial charge in [-0.25, -0.2) is 4.98 Å². The van der Waals surface area contributed by atoms with Crippen molar-refractivity contribution < 1.29 is 22.8 Å². The van der Waals surface area contributed by atoms with E-state index in [0.717, 1.165) is 4.40 Å². The molecule has 31 heavy (non-hydrogen) atoms. The molecule has 0 aliphatic rings. The number of nitriles is 1. The van der Waals surface area contributed by atoms with Crippen LogP contribution in [0.4, 0.5) is 18.9 Å². The number of fused-ring (bicyclic) bond motifs is 1. The van der Waals surface area contributed by atoms with Gasteiger partial charge in [-0.15, -0.1) is 0 Å². The summed E-state index contributed by atoms with van der Waals surface area (Å²) in [5.41, 5.74) is -2.04.